The highest BCUT2D eigenvalue weighted by Gasteiger charge is 2.33. The van der Waals surface area contributed by atoms with Gasteiger partial charge in [-0.2, -0.15) is 0 Å². The van der Waals surface area contributed by atoms with Crippen LogP contribution in [0.1, 0.15) is 19.4 Å². The van der Waals surface area contributed by atoms with E-state index >= 15 is 0 Å². The average molecular weight is 319 g/mol. The van der Waals surface area contributed by atoms with Crippen LogP contribution in [0.3, 0.4) is 0 Å². The number of nitrogens with zero attached hydrogens (tertiary/aromatic N) is 1. The lowest BCUT2D eigenvalue weighted by Crippen LogP contribution is -2.25. The second kappa shape index (κ2) is 8.24. The summed E-state index contributed by atoms with van der Waals surface area (Å²) in [4.78, 5) is 30.1. The van der Waals surface area contributed by atoms with E-state index in [1.807, 2.05) is 13.8 Å². The molecule has 21 heavy (non-hydrogen) atoms. The molecule has 1 aliphatic rings. The first-order chi connectivity index (χ1) is 9.97. The number of anilines is 1. The molecule has 0 radical (unpaired) electrons. The van der Waals surface area contributed by atoms with Crippen LogP contribution in [0.15, 0.2) is 18.2 Å². The standard InChI is InChI=1S/C11H13FNO5P.C2H6/c1-7-2-3-8(4-10(7)12)13-5-9(18-11(13)14)6-17-19(15)16;1-2/h2-4,9,15-16H,5-6H2,1H3;1-2H3/t9-;/m1./s1. The molecule has 0 saturated carbocycles. The van der Waals surface area contributed by atoms with Gasteiger partial charge in [-0.05, 0) is 24.6 Å². The maximum atomic E-state index is 13.4. The van der Waals surface area contributed by atoms with E-state index in [-0.39, 0.29) is 13.2 Å². The molecule has 2 rings (SSSR count). The predicted molar refractivity (Wildman–Crippen MR) is 77.4 cm³/mol. The first kappa shape index (κ1) is 17.8. The van der Waals surface area contributed by atoms with Crippen LogP contribution in [0.4, 0.5) is 14.9 Å². The van der Waals surface area contributed by atoms with Gasteiger partial charge in [-0.15, -0.1) is 0 Å². The van der Waals surface area contributed by atoms with Crippen LogP contribution < -0.4 is 4.90 Å². The zero-order chi connectivity index (χ0) is 16.0. The number of amides is 1. The van der Waals surface area contributed by atoms with Gasteiger partial charge < -0.3 is 19.0 Å². The maximum Gasteiger partial charge on any atom is 0.414 e. The minimum atomic E-state index is -2.48. The van der Waals surface area contributed by atoms with Crippen LogP contribution in [-0.2, 0) is 9.26 Å². The van der Waals surface area contributed by atoms with Crippen LogP contribution >= 0.6 is 8.60 Å². The van der Waals surface area contributed by atoms with Crippen molar-refractivity contribution < 1.29 is 28.2 Å². The van der Waals surface area contributed by atoms with Gasteiger partial charge in [0.25, 0.3) is 0 Å². The summed E-state index contributed by atoms with van der Waals surface area (Å²) in [5, 5.41) is 0. The molecule has 6 nitrogen and oxygen atoms in total. The fraction of sp³-hybridized carbons (Fsp3) is 0.462. The molecule has 1 heterocycles. The molecule has 2 N–H and O–H groups in total. The van der Waals surface area contributed by atoms with Gasteiger partial charge in [0.05, 0.1) is 18.8 Å². The number of carbonyl (C=O) groups excluding carboxylic acids is 1. The van der Waals surface area contributed by atoms with Crippen molar-refractivity contribution in [1.29, 1.82) is 0 Å². The van der Waals surface area contributed by atoms with E-state index in [0.29, 0.717) is 11.3 Å². The lowest BCUT2D eigenvalue weighted by Gasteiger charge is -2.13. The highest BCUT2D eigenvalue weighted by molar-refractivity contribution is 7.39. The summed E-state index contributed by atoms with van der Waals surface area (Å²) in [6, 6.07) is 4.45. The van der Waals surface area contributed by atoms with Crippen molar-refractivity contribution in [3.8, 4) is 0 Å². The Labute approximate surface area is 124 Å². The van der Waals surface area contributed by atoms with Crippen LogP contribution in [0.5, 0.6) is 0 Å². The van der Waals surface area contributed by atoms with E-state index in [1.165, 1.54) is 11.0 Å². The number of carbonyl (C=O) groups is 1. The van der Waals surface area contributed by atoms with Crippen LogP contribution in [0.25, 0.3) is 0 Å². The van der Waals surface area contributed by atoms with E-state index in [9.17, 15) is 9.18 Å². The number of hydrogen-bond acceptors (Lipinski definition) is 5. The second-order valence-electron chi connectivity index (χ2n) is 4.10. The van der Waals surface area contributed by atoms with Crippen molar-refractivity contribution in [2.24, 2.45) is 0 Å². The Morgan fingerprint density at radius 1 is 1.48 bits per heavy atom. The van der Waals surface area contributed by atoms with Gasteiger partial charge in [0.15, 0.2) is 0 Å². The third-order valence-electron chi connectivity index (χ3n) is 2.72. The Morgan fingerprint density at radius 2 is 2.14 bits per heavy atom. The molecule has 1 saturated heterocycles. The van der Waals surface area contributed by atoms with Crippen molar-refractivity contribution >= 4 is 20.4 Å². The van der Waals surface area contributed by atoms with Gasteiger partial charge in [0, 0.05) is 0 Å². The molecule has 0 bridgehead atoms. The average Bonchev–Trinajstić information content (AvgIpc) is 2.83. The molecular formula is C13H19FNO5P. The minimum Gasteiger partial charge on any atom is -0.441 e. The Kier molecular flexibility index (Phi) is 6.98. The second-order valence-corrected chi connectivity index (χ2v) is 4.86. The fourth-order valence-corrected chi connectivity index (χ4v) is 2.02. The molecule has 0 aromatic heterocycles. The summed E-state index contributed by atoms with van der Waals surface area (Å²) in [6.07, 6.45) is -1.22. The summed E-state index contributed by atoms with van der Waals surface area (Å²) >= 11 is 0. The first-order valence-corrected chi connectivity index (χ1v) is 7.69. The molecule has 1 amide bonds. The quantitative estimate of drug-likeness (QED) is 0.834. The molecule has 0 spiro atoms. The van der Waals surface area contributed by atoms with Gasteiger partial charge in [-0.25, -0.2) is 9.18 Å². The van der Waals surface area contributed by atoms with Gasteiger partial charge in [-0.3, -0.25) is 4.90 Å². The van der Waals surface area contributed by atoms with Gasteiger partial charge in [0.2, 0.25) is 0 Å². The number of aryl methyl sites for hydroxylation is 1. The third-order valence-corrected chi connectivity index (χ3v) is 3.10. The monoisotopic (exact) mass is 319 g/mol. The van der Waals surface area contributed by atoms with Crippen molar-refractivity contribution in [1.82, 2.24) is 0 Å². The SMILES string of the molecule is CC.Cc1ccc(N2C[C@H](COP(O)O)OC2=O)cc1F. The van der Waals surface area contributed by atoms with Crippen molar-refractivity contribution in [2.75, 3.05) is 18.1 Å². The zero-order valence-electron chi connectivity index (χ0n) is 12.1. The molecule has 1 aromatic carbocycles. The highest BCUT2D eigenvalue weighted by Crippen LogP contribution is 2.28. The molecule has 1 aliphatic heterocycles. The van der Waals surface area contributed by atoms with Crippen LogP contribution in [0.2, 0.25) is 0 Å². The number of hydrogen-bond donors (Lipinski definition) is 2. The number of halogens is 1. The zero-order valence-corrected chi connectivity index (χ0v) is 13.0. The highest BCUT2D eigenvalue weighted by atomic mass is 31.2. The molecule has 1 atom stereocenters. The topological polar surface area (TPSA) is 79.2 Å². The van der Waals surface area contributed by atoms with E-state index in [4.69, 9.17) is 14.5 Å². The maximum absolute atomic E-state index is 13.4. The lowest BCUT2D eigenvalue weighted by atomic mass is 10.2. The van der Waals surface area contributed by atoms with Gasteiger partial charge in [-0.1, -0.05) is 19.9 Å². The number of rotatable bonds is 4. The fourth-order valence-electron chi connectivity index (χ4n) is 1.72. The molecule has 1 aromatic rings. The summed E-state index contributed by atoms with van der Waals surface area (Å²) in [7, 11) is -2.48. The van der Waals surface area contributed by atoms with Crippen LogP contribution in [-0.4, -0.2) is 35.1 Å². The van der Waals surface area contributed by atoms with Crippen molar-refractivity contribution in [3.63, 3.8) is 0 Å². The third kappa shape index (κ3) is 4.89. The molecule has 8 heteroatoms. The van der Waals surface area contributed by atoms with E-state index in [2.05, 4.69) is 4.52 Å². The molecule has 0 unspecified atom stereocenters. The Morgan fingerprint density at radius 3 is 2.71 bits per heavy atom. The number of ether oxygens (including phenoxy) is 1. The Balaban J connectivity index is 0.00000106. The molecular weight excluding hydrogens is 300 g/mol. The van der Waals surface area contributed by atoms with E-state index < -0.39 is 26.6 Å². The number of benzene rings is 1. The van der Waals surface area contributed by atoms with Gasteiger partial charge in [0.1, 0.15) is 11.9 Å². The largest absolute Gasteiger partial charge is 0.441 e. The minimum absolute atomic E-state index is 0.116. The lowest BCUT2D eigenvalue weighted by molar-refractivity contribution is 0.0987. The summed E-state index contributed by atoms with van der Waals surface area (Å²) in [6.45, 7) is 5.68. The Bertz CT molecular complexity index is 486. The predicted octanol–water partition coefficient (Wildman–Crippen LogP) is 2.71. The van der Waals surface area contributed by atoms with Crippen molar-refractivity contribution in [2.45, 2.75) is 26.9 Å². The summed E-state index contributed by atoms with van der Waals surface area (Å²) < 4.78 is 23.0. The summed E-state index contributed by atoms with van der Waals surface area (Å²) in [5.74, 6) is -0.403. The number of cyclic esters (lactones) is 1. The van der Waals surface area contributed by atoms with E-state index in [0.717, 1.165) is 0 Å². The van der Waals surface area contributed by atoms with E-state index in [1.54, 1.807) is 19.1 Å². The Hall–Kier alpha value is -1.27. The van der Waals surface area contributed by atoms with Gasteiger partial charge >= 0.3 is 14.7 Å². The summed E-state index contributed by atoms with van der Waals surface area (Å²) in [5.41, 5.74) is 0.883. The van der Waals surface area contributed by atoms with Crippen LogP contribution in [0, 0.1) is 12.7 Å². The normalized spacial score (nSPS) is 17.6. The first-order valence-electron chi connectivity index (χ1n) is 6.52. The smallest absolute Gasteiger partial charge is 0.414 e. The molecule has 0 aliphatic carbocycles. The molecule has 1 fully saturated rings. The molecule has 118 valence electrons. The van der Waals surface area contributed by atoms with Crippen molar-refractivity contribution in [3.05, 3.63) is 29.6 Å².